The van der Waals surface area contributed by atoms with Crippen LogP contribution >= 0.6 is 23.2 Å². The quantitative estimate of drug-likeness (QED) is 0.606. The average molecular weight is 332 g/mol. The molecule has 2 rings (SSSR count). The largest absolute Gasteiger partial charge is 0.458 e. The Hall–Kier alpha value is -2.28. The predicted molar refractivity (Wildman–Crippen MR) is 86.4 cm³/mol. The standard InChI is InChI=1S/C17H11Cl2NO2/c18-15-7-5-14(16(19)9-15)6-8-17(21)22-11-13-3-1-12(10-20)2-4-13/h1-9H,11H2/b8-6+. The number of ether oxygens (including phenoxy) is 1. The van der Waals surface area contributed by atoms with Crippen LogP contribution < -0.4 is 0 Å². The molecule has 0 heterocycles. The smallest absolute Gasteiger partial charge is 0.331 e. The lowest BCUT2D eigenvalue weighted by atomic mass is 10.2. The number of hydrogen-bond donors (Lipinski definition) is 0. The Kier molecular flexibility index (Phi) is 5.60. The first kappa shape index (κ1) is 16.1. The van der Waals surface area contributed by atoms with Gasteiger partial charge in [-0.25, -0.2) is 4.79 Å². The predicted octanol–water partition coefficient (Wildman–Crippen LogP) is 4.62. The number of hydrogen-bond acceptors (Lipinski definition) is 3. The lowest BCUT2D eigenvalue weighted by Gasteiger charge is -2.02. The molecule has 22 heavy (non-hydrogen) atoms. The number of nitriles is 1. The van der Waals surface area contributed by atoms with Crippen molar-refractivity contribution in [3.05, 3.63) is 75.3 Å². The van der Waals surface area contributed by atoms with Gasteiger partial charge in [0, 0.05) is 16.1 Å². The molecule has 2 aromatic carbocycles. The summed E-state index contributed by atoms with van der Waals surface area (Å²) in [4.78, 5) is 11.7. The number of esters is 1. The highest BCUT2D eigenvalue weighted by molar-refractivity contribution is 6.35. The average Bonchev–Trinajstić information content (AvgIpc) is 2.52. The Morgan fingerprint density at radius 3 is 2.55 bits per heavy atom. The zero-order valence-electron chi connectivity index (χ0n) is 11.4. The van der Waals surface area contributed by atoms with Crippen molar-refractivity contribution in [2.24, 2.45) is 0 Å². The van der Waals surface area contributed by atoms with Gasteiger partial charge < -0.3 is 4.74 Å². The van der Waals surface area contributed by atoms with Gasteiger partial charge in [0.15, 0.2) is 0 Å². The zero-order chi connectivity index (χ0) is 15.9. The molecule has 0 aliphatic rings. The molecule has 2 aromatic rings. The van der Waals surface area contributed by atoms with Crippen LogP contribution in [0, 0.1) is 11.3 Å². The first-order chi connectivity index (χ1) is 10.6. The number of rotatable bonds is 4. The molecule has 0 spiro atoms. The summed E-state index contributed by atoms with van der Waals surface area (Å²) < 4.78 is 5.11. The van der Waals surface area contributed by atoms with E-state index >= 15 is 0 Å². The maximum absolute atomic E-state index is 11.7. The van der Waals surface area contributed by atoms with Gasteiger partial charge in [0.2, 0.25) is 0 Å². The second-order valence-electron chi connectivity index (χ2n) is 4.42. The van der Waals surface area contributed by atoms with Gasteiger partial charge in [-0.15, -0.1) is 0 Å². The molecular weight excluding hydrogens is 321 g/mol. The van der Waals surface area contributed by atoms with Gasteiger partial charge in [0.1, 0.15) is 6.61 Å². The highest BCUT2D eigenvalue weighted by Gasteiger charge is 2.01. The fraction of sp³-hybridized carbons (Fsp3) is 0.0588. The van der Waals surface area contributed by atoms with Gasteiger partial charge in [-0.05, 0) is 41.5 Å². The van der Waals surface area contributed by atoms with Gasteiger partial charge in [-0.2, -0.15) is 5.26 Å². The third-order valence-corrected chi connectivity index (χ3v) is 3.39. The minimum absolute atomic E-state index is 0.142. The monoisotopic (exact) mass is 331 g/mol. The van der Waals surface area contributed by atoms with Gasteiger partial charge in [0.25, 0.3) is 0 Å². The van der Waals surface area contributed by atoms with Crippen molar-refractivity contribution in [2.75, 3.05) is 0 Å². The molecule has 0 bridgehead atoms. The summed E-state index contributed by atoms with van der Waals surface area (Å²) in [6.07, 6.45) is 2.87. The van der Waals surface area contributed by atoms with Crippen molar-refractivity contribution in [3.8, 4) is 6.07 Å². The molecule has 0 radical (unpaired) electrons. The molecule has 0 saturated heterocycles. The van der Waals surface area contributed by atoms with Crippen LogP contribution in [0.1, 0.15) is 16.7 Å². The third kappa shape index (κ3) is 4.63. The summed E-state index contributed by atoms with van der Waals surface area (Å²) in [5, 5.41) is 9.70. The number of benzene rings is 2. The third-order valence-electron chi connectivity index (χ3n) is 2.83. The van der Waals surface area contributed by atoms with Crippen LogP contribution in [0.2, 0.25) is 10.0 Å². The van der Waals surface area contributed by atoms with Crippen LogP contribution in [-0.4, -0.2) is 5.97 Å². The molecular formula is C17H11Cl2NO2. The number of carbonyl (C=O) groups excluding carboxylic acids is 1. The zero-order valence-corrected chi connectivity index (χ0v) is 12.9. The van der Waals surface area contributed by atoms with E-state index in [-0.39, 0.29) is 6.61 Å². The molecule has 0 N–H and O–H groups in total. The molecule has 3 nitrogen and oxygen atoms in total. The first-order valence-electron chi connectivity index (χ1n) is 6.37. The second kappa shape index (κ2) is 7.65. The Bertz CT molecular complexity index is 746. The first-order valence-corrected chi connectivity index (χ1v) is 7.13. The van der Waals surface area contributed by atoms with Crippen LogP contribution in [0.5, 0.6) is 0 Å². The van der Waals surface area contributed by atoms with E-state index in [1.165, 1.54) is 6.08 Å². The molecule has 0 unspecified atom stereocenters. The van der Waals surface area contributed by atoms with Crippen molar-refractivity contribution < 1.29 is 9.53 Å². The summed E-state index contributed by atoms with van der Waals surface area (Å²) in [5.74, 6) is -0.477. The van der Waals surface area contributed by atoms with E-state index in [9.17, 15) is 4.79 Å². The lowest BCUT2D eigenvalue weighted by molar-refractivity contribution is -0.138. The van der Waals surface area contributed by atoms with Gasteiger partial charge in [-0.1, -0.05) is 41.4 Å². The van der Waals surface area contributed by atoms with Crippen molar-refractivity contribution in [3.63, 3.8) is 0 Å². The molecule has 0 aliphatic heterocycles. The topological polar surface area (TPSA) is 50.1 Å². The maximum atomic E-state index is 11.7. The molecule has 0 amide bonds. The summed E-state index contributed by atoms with van der Waals surface area (Å²) >= 11 is 11.8. The molecule has 0 aromatic heterocycles. The fourth-order valence-electron chi connectivity index (χ4n) is 1.67. The highest BCUT2D eigenvalue weighted by atomic mass is 35.5. The van der Waals surface area contributed by atoms with Gasteiger partial charge in [-0.3, -0.25) is 0 Å². The fourth-order valence-corrected chi connectivity index (χ4v) is 2.14. The summed E-state index contributed by atoms with van der Waals surface area (Å²) in [6.45, 7) is 0.142. The van der Waals surface area contributed by atoms with Crippen molar-refractivity contribution in [2.45, 2.75) is 6.61 Å². The molecule has 0 atom stereocenters. The molecule has 0 fully saturated rings. The Morgan fingerprint density at radius 1 is 1.18 bits per heavy atom. The van der Waals surface area contributed by atoms with Crippen LogP contribution in [0.15, 0.2) is 48.5 Å². The number of halogens is 2. The lowest BCUT2D eigenvalue weighted by Crippen LogP contribution is -2.00. The summed E-state index contributed by atoms with van der Waals surface area (Å²) in [5.41, 5.74) is 2.05. The van der Waals surface area contributed by atoms with Crippen LogP contribution in [0.25, 0.3) is 6.08 Å². The Morgan fingerprint density at radius 2 is 1.91 bits per heavy atom. The number of carbonyl (C=O) groups is 1. The van der Waals surface area contributed by atoms with E-state index in [4.69, 9.17) is 33.2 Å². The minimum Gasteiger partial charge on any atom is -0.458 e. The maximum Gasteiger partial charge on any atom is 0.331 e. The number of nitrogens with zero attached hydrogens (tertiary/aromatic N) is 1. The Labute approximate surface area is 138 Å². The van der Waals surface area contributed by atoms with Crippen LogP contribution in [-0.2, 0) is 16.1 Å². The minimum atomic E-state index is -0.477. The SMILES string of the molecule is N#Cc1ccc(COC(=O)/C=C/c2ccc(Cl)cc2Cl)cc1. The normalized spacial score (nSPS) is 10.4. The van der Waals surface area contributed by atoms with Crippen LogP contribution in [0.4, 0.5) is 0 Å². The molecule has 110 valence electrons. The van der Waals surface area contributed by atoms with Crippen molar-refractivity contribution in [1.82, 2.24) is 0 Å². The van der Waals surface area contributed by atoms with Gasteiger partial charge >= 0.3 is 5.97 Å². The van der Waals surface area contributed by atoms with Crippen molar-refractivity contribution in [1.29, 1.82) is 5.26 Å². The van der Waals surface area contributed by atoms with Crippen LogP contribution in [0.3, 0.4) is 0 Å². The molecule has 0 saturated carbocycles. The van der Waals surface area contributed by atoms with E-state index in [1.807, 2.05) is 6.07 Å². The van der Waals surface area contributed by atoms with E-state index in [1.54, 1.807) is 48.5 Å². The van der Waals surface area contributed by atoms with E-state index in [2.05, 4.69) is 0 Å². The molecule has 5 heteroatoms. The van der Waals surface area contributed by atoms with Gasteiger partial charge in [0.05, 0.1) is 11.6 Å². The van der Waals surface area contributed by atoms with Crippen molar-refractivity contribution >= 4 is 35.2 Å². The van der Waals surface area contributed by atoms with E-state index < -0.39 is 5.97 Å². The second-order valence-corrected chi connectivity index (χ2v) is 5.26. The summed E-state index contributed by atoms with van der Waals surface area (Å²) in [6, 6.07) is 13.9. The molecule has 0 aliphatic carbocycles. The van der Waals surface area contributed by atoms with E-state index in [0.717, 1.165) is 5.56 Å². The summed E-state index contributed by atoms with van der Waals surface area (Å²) in [7, 11) is 0. The highest BCUT2D eigenvalue weighted by Crippen LogP contribution is 2.22. The van der Waals surface area contributed by atoms with E-state index in [0.29, 0.717) is 21.2 Å². The Balaban J connectivity index is 1.92.